The Hall–Kier alpha value is -8.55. The van der Waals surface area contributed by atoms with Gasteiger partial charge in [0.2, 0.25) is 13.4 Å². The second-order valence-corrected chi connectivity index (χ2v) is 22.5. The Bertz CT molecular complexity index is 4210. The van der Waals surface area contributed by atoms with E-state index in [1.165, 1.54) is 113 Å². The number of anilines is 6. The van der Waals surface area contributed by atoms with E-state index in [1.54, 1.807) is 0 Å². The zero-order valence-corrected chi connectivity index (χ0v) is 42.4. The molecule has 4 aliphatic rings. The number of rotatable bonds is 6. The van der Waals surface area contributed by atoms with E-state index in [1.807, 2.05) is 23.5 Å². The lowest BCUT2D eigenvalue weighted by Gasteiger charge is -2.39. The van der Waals surface area contributed by atoms with Gasteiger partial charge in [0, 0.05) is 97.7 Å². The summed E-state index contributed by atoms with van der Waals surface area (Å²) < 4.78 is 5.18. The topological polar surface area (TPSA) is 16.3 Å². The highest BCUT2D eigenvalue weighted by molar-refractivity contribution is 8.01. The van der Waals surface area contributed by atoms with Gasteiger partial charge in [-0.25, -0.2) is 0 Å². The summed E-state index contributed by atoms with van der Waals surface area (Å²) in [6.45, 7) is 2.47. The molecule has 2 aromatic heterocycles. The van der Waals surface area contributed by atoms with Crippen molar-refractivity contribution < 1.29 is 0 Å². The number of hydrogen-bond acceptors (Lipinski definition) is 4. The van der Waals surface area contributed by atoms with E-state index in [9.17, 15) is 0 Å². The van der Waals surface area contributed by atoms with E-state index in [0.29, 0.717) is 0 Å². The highest BCUT2D eigenvalue weighted by Crippen LogP contribution is 2.48. The van der Waals surface area contributed by atoms with Crippen molar-refractivity contribution in [3.63, 3.8) is 0 Å². The largest absolute Gasteiger partial charge is 0.310 e. The van der Waals surface area contributed by atoms with Gasteiger partial charge in [0.15, 0.2) is 0 Å². The number of para-hydroxylation sites is 8. The summed E-state index contributed by atoms with van der Waals surface area (Å²) in [5.74, 6) is 0. The zero-order chi connectivity index (χ0) is 49.0. The molecule has 0 saturated carbocycles. The number of aromatic nitrogens is 2. The summed E-state index contributed by atoms with van der Waals surface area (Å²) in [5, 5.41) is 5.17. The number of benzene rings is 11. The highest BCUT2D eigenvalue weighted by Gasteiger charge is 2.46. The van der Waals surface area contributed by atoms with Crippen molar-refractivity contribution in [1.82, 2.24) is 9.13 Å². The number of fused-ring (bicyclic) bond motifs is 14. The van der Waals surface area contributed by atoms with Crippen molar-refractivity contribution in [2.75, 3.05) is 9.80 Å². The summed E-state index contributed by atoms with van der Waals surface area (Å²) in [6.07, 6.45) is 0. The SMILES string of the molecule is Cc1c2c(cc3c1Sc1cc(N(c4ccccc4)c4ccccc4)cc4c1B3c1cccc3c5ccccc5n-4c13)B1c3c(cc(N(c4ccccc4)c4ccccc4)cc3-n3c4ccccc4c4cccc1c43)S2. The minimum atomic E-state index is 0.0242. The van der Waals surface area contributed by atoms with Crippen LogP contribution in [0.3, 0.4) is 0 Å². The minimum absolute atomic E-state index is 0.0242. The summed E-state index contributed by atoms with van der Waals surface area (Å²) >= 11 is 3.95. The molecule has 0 aliphatic carbocycles. The Morgan fingerprint density at radius 3 is 1.09 bits per heavy atom. The van der Waals surface area contributed by atoms with E-state index in [0.717, 1.165) is 34.1 Å². The third-order valence-electron chi connectivity index (χ3n) is 16.5. The molecular weight excluding hydrogens is 947 g/mol. The maximum absolute atomic E-state index is 2.67. The molecule has 8 heteroatoms. The standard InChI is InChI=1S/C67H42B2N4S2/c1-41-66-54(68-52-32-18-30-50-48-28-14-16-34-56(48)72(64(50)52)58-36-46(38-60(74-66)62(58)68)70(42-20-6-2-7-21-42)43-22-8-3-9-23-43)40-55-67(41)75-61-39-47(71(44-24-10-4-11-25-44)45-26-12-5-13-27-45)37-59-63(61)69(55)53-33-19-31-51-49-29-15-17-35-57(49)73(59)65(51)53/h2-40H,1H3. The molecule has 75 heavy (non-hydrogen) atoms. The molecule has 0 fully saturated rings. The molecule has 4 nitrogen and oxygen atoms in total. The van der Waals surface area contributed by atoms with Crippen LogP contribution in [0.4, 0.5) is 34.1 Å². The van der Waals surface area contributed by atoms with Crippen molar-refractivity contribution in [3.05, 3.63) is 242 Å². The molecule has 17 rings (SSSR count). The van der Waals surface area contributed by atoms with Crippen LogP contribution in [0.15, 0.2) is 256 Å². The fourth-order valence-electron chi connectivity index (χ4n) is 13.5. The lowest BCUT2D eigenvalue weighted by atomic mass is 9.32. The van der Waals surface area contributed by atoms with Gasteiger partial charge in [-0.2, -0.15) is 0 Å². The summed E-state index contributed by atoms with van der Waals surface area (Å²) in [7, 11) is 0. The second-order valence-electron chi connectivity index (χ2n) is 20.4. The molecule has 0 spiro atoms. The maximum atomic E-state index is 2.67. The quantitative estimate of drug-likeness (QED) is 0.154. The minimum Gasteiger partial charge on any atom is -0.310 e. The smallest absolute Gasteiger partial charge is 0.249 e. The van der Waals surface area contributed by atoms with Gasteiger partial charge >= 0.3 is 0 Å². The molecule has 0 saturated heterocycles. The molecule has 0 unspecified atom stereocenters. The summed E-state index contributed by atoms with van der Waals surface area (Å²) in [6, 6.07) is 88.2. The van der Waals surface area contributed by atoms with Crippen molar-refractivity contribution in [2.24, 2.45) is 0 Å². The summed E-state index contributed by atoms with van der Waals surface area (Å²) in [5.41, 5.74) is 24.1. The first-order valence-electron chi connectivity index (χ1n) is 25.9. The van der Waals surface area contributed by atoms with Crippen LogP contribution < -0.4 is 42.6 Å². The zero-order valence-electron chi connectivity index (χ0n) is 40.8. The monoisotopic (exact) mass is 988 g/mol. The molecule has 0 atom stereocenters. The van der Waals surface area contributed by atoms with Crippen LogP contribution in [0, 0.1) is 6.92 Å². The Morgan fingerprint density at radius 2 is 0.693 bits per heavy atom. The molecule has 4 aliphatic heterocycles. The molecule has 11 aromatic carbocycles. The van der Waals surface area contributed by atoms with Gasteiger partial charge < -0.3 is 18.9 Å². The number of nitrogens with zero attached hydrogens (tertiary/aromatic N) is 4. The van der Waals surface area contributed by atoms with Crippen LogP contribution in [-0.2, 0) is 0 Å². The average Bonchev–Trinajstić information content (AvgIpc) is 4.15. The predicted molar refractivity (Wildman–Crippen MR) is 320 cm³/mol. The average molecular weight is 989 g/mol. The van der Waals surface area contributed by atoms with Crippen LogP contribution in [0.1, 0.15) is 5.56 Å². The summed E-state index contributed by atoms with van der Waals surface area (Å²) in [4.78, 5) is 10.2. The Morgan fingerprint density at radius 1 is 0.333 bits per heavy atom. The Labute approximate surface area is 443 Å². The van der Waals surface area contributed by atoms with Crippen LogP contribution in [0.5, 0.6) is 0 Å². The van der Waals surface area contributed by atoms with Gasteiger partial charge in [0.25, 0.3) is 0 Å². The van der Waals surface area contributed by atoms with Gasteiger partial charge in [-0.3, -0.25) is 0 Å². The molecule has 0 radical (unpaired) electrons. The molecule has 6 heterocycles. The van der Waals surface area contributed by atoms with E-state index in [4.69, 9.17) is 0 Å². The molecule has 348 valence electrons. The van der Waals surface area contributed by atoms with E-state index < -0.39 is 0 Å². The van der Waals surface area contributed by atoms with E-state index in [-0.39, 0.29) is 13.4 Å². The molecule has 13 aromatic rings. The van der Waals surface area contributed by atoms with Gasteiger partial charge in [-0.05, 0) is 119 Å². The van der Waals surface area contributed by atoms with Crippen molar-refractivity contribution >= 4 is 147 Å². The normalized spacial score (nSPS) is 13.2. The first-order valence-corrected chi connectivity index (χ1v) is 27.5. The van der Waals surface area contributed by atoms with Gasteiger partial charge in [-0.15, -0.1) is 0 Å². The third kappa shape index (κ3) is 5.78. The van der Waals surface area contributed by atoms with Gasteiger partial charge in [-0.1, -0.05) is 186 Å². The van der Waals surface area contributed by atoms with Crippen molar-refractivity contribution in [3.8, 4) is 11.4 Å². The lowest BCUT2D eigenvalue weighted by Crippen LogP contribution is -2.63. The second kappa shape index (κ2) is 15.7. The van der Waals surface area contributed by atoms with Gasteiger partial charge in [0.05, 0.1) is 11.0 Å². The third-order valence-corrected chi connectivity index (χ3v) is 19.1. The van der Waals surface area contributed by atoms with Crippen LogP contribution in [-0.4, -0.2) is 22.6 Å². The predicted octanol–water partition coefficient (Wildman–Crippen LogP) is 13.7. The van der Waals surface area contributed by atoms with Crippen LogP contribution in [0.2, 0.25) is 0 Å². The molecule has 0 amide bonds. The van der Waals surface area contributed by atoms with Crippen LogP contribution in [0.25, 0.3) is 55.0 Å². The molecular formula is C67H42B2N4S2. The van der Waals surface area contributed by atoms with E-state index in [2.05, 4.69) is 262 Å². The molecule has 0 bridgehead atoms. The fourth-order valence-corrected chi connectivity index (χ4v) is 16.2. The van der Waals surface area contributed by atoms with E-state index >= 15 is 0 Å². The highest BCUT2D eigenvalue weighted by atomic mass is 32.2. The Balaban J connectivity index is 0.948. The maximum Gasteiger partial charge on any atom is 0.249 e. The van der Waals surface area contributed by atoms with Gasteiger partial charge in [0.1, 0.15) is 0 Å². The number of hydrogen-bond donors (Lipinski definition) is 0. The first-order chi connectivity index (χ1) is 37.2. The molecule has 0 N–H and O–H groups in total. The fraction of sp³-hybridized carbons (Fsp3) is 0.0149. The first kappa shape index (κ1) is 41.9. The Kier molecular flexibility index (Phi) is 8.78. The lowest BCUT2D eigenvalue weighted by molar-refractivity contribution is 1.15. The van der Waals surface area contributed by atoms with Crippen LogP contribution >= 0.6 is 23.5 Å². The van der Waals surface area contributed by atoms with Crippen molar-refractivity contribution in [2.45, 2.75) is 26.5 Å². The van der Waals surface area contributed by atoms with Crippen molar-refractivity contribution in [1.29, 1.82) is 0 Å².